The van der Waals surface area contributed by atoms with Gasteiger partial charge in [-0.2, -0.15) is 0 Å². The second-order valence-corrected chi connectivity index (χ2v) is 6.17. The first-order valence-corrected chi connectivity index (χ1v) is 8.74. The highest BCUT2D eigenvalue weighted by Crippen LogP contribution is 2.13. The lowest BCUT2D eigenvalue weighted by Gasteiger charge is -2.09. The minimum Gasteiger partial charge on any atom is -0.398 e. The zero-order valence-electron chi connectivity index (χ0n) is 14.6. The van der Waals surface area contributed by atoms with Crippen LogP contribution in [0.2, 0.25) is 0 Å². The van der Waals surface area contributed by atoms with E-state index in [0.717, 1.165) is 15.6 Å². The van der Waals surface area contributed by atoms with Crippen molar-refractivity contribution in [1.82, 2.24) is 5.32 Å². The van der Waals surface area contributed by atoms with Crippen LogP contribution in [-0.2, 0) is 27.5 Å². The summed E-state index contributed by atoms with van der Waals surface area (Å²) in [6.07, 6.45) is 2.15. The van der Waals surface area contributed by atoms with Crippen LogP contribution in [0.4, 0.5) is 0 Å². The molecular formula is C19H20BrN3O3. The second-order valence-electron chi connectivity index (χ2n) is 5.25. The first-order chi connectivity index (χ1) is 12.7. The van der Waals surface area contributed by atoms with Crippen molar-refractivity contribution < 1.29 is 14.5 Å². The van der Waals surface area contributed by atoms with E-state index in [-0.39, 0.29) is 11.6 Å². The molecule has 0 saturated carbocycles. The molecule has 2 aromatic rings. The number of amides is 1. The van der Waals surface area contributed by atoms with Gasteiger partial charge in [0.15, 0.2) is 5.71 Å². The Morgan fingerprint density at radius 3 is 2.77 bits per heavy atom. The van der Waals surface area contributed by atoms with E-state index in [1.165, 1.54) is 7.11 Å². The average molecular weight is 418 g/mol. The maximum absolute atomic E-state index is 12.0. The standard InChI is InChI=1S/C19H20BrN3O3/c1-21-19(24)18(23-25-2)17-9-4-3-7-15(17)10-11-22-26-13-14-6-5-8-16(20)12-14/h3-9,11-12H,10,13H2,1-2H3,(H,21,24). The lowest BCUT2D eigenvalue weighted by molar-refractivity contribution is -0.114. The van der Waals surface area contributed by atoms with Crippen LogP contribution in [-0.4, -0.2) is 32.0 Å². The molecule has 0 fully saturated rings. The molecular weight excluding hydrogens is 398 g/mol. The molecule has 2 rings (SSSR count). The van der Waals surface area contributed by atoms with Gasteiger partial charge in [0.25, 0.3) is 5.91 Å². The Morgan fingerprint density at radius 1 is 1.23 bits per heavy atom. The Bertz CT molecular complexity index is 806. The molecule has 0 bridgehead atoms. The van der Waals surface area contributed by atoms with Crippen LogP contribution in [0.15, 0.2) is 63.3 Å². The summed E-state index contributed by atoms with van der Waals surface area (Å²) >= 11 is 3.42. The Balaban J connectivity index is 2.03. The van der Waals surface area contributed by atoms with Gasteiger partial charge < -0.3 is 15.0 Å². The number of nitrogens with one attached hydrogen (secondary N) is 1. The summed E-state index contributed by atoms with van der Waals surface area (Å²) < 4.78 is 0.996. The molecule has 0 aliphatic rings. The molecule has 7 heteroatoms. The van der Waals surface area contributed by atoms with Crippen LogP contribution in [0.1, 0.15) is 16.7 Å². The van der Waals surface area contributed by atoms with E-state index in [0.29, 0.717) is 18.6 Å². The largest absolute Gasteiger partial charge is 0.398 e. The minimum atomic E-state index is -0.317. The first-order valence-electron chi connectivity index (χ1n) is 7.95. The van der Waals surface area contributed by atoms with Gasteiger partial charge in [0.1, 0.15) is 13.7 Å². The van der Waals surface area contributed by atoms with E-state index < -0.39 is 0 Å². The van der Waals surface area contributed by atoms with Gasteiger partial charge in [-0.05, 0) is 23.3 Å². The zero-order chi connectivity index (χ0) is 18.8. The number of carbonyl (C=O) groups is 1. The number of hydrogen-bond acceptors (Lipinski definition) is 5. The van der Waals surface area contributed by atoms with Crippen molar-refractivity contribution in [3.05, 3.63) is 69.7 Å². The van der Waals surface area contributed by atoms with Crippen molar-refractivity contribution in [2.24, 2.45) is 10.3 Å². The fourth-order valence-electron chi connectivity index (χ4n) is 2.28. The molecule has 6 nitrogen and oxygen atoms in total. The summed E-state index contributed by atoms with van der Waals surface area (Å²) in [5, 5.41) is 10.4. The Hall–Kier alpha value is -2.67. The highest BCUT2D eigenvalue weighted by molar-refractivity contribution is 9.10. The minimum absolute atomic E-state index is 0.217. The number of halogens is 1. The molecule has 0 spiro atoms. The van der Waals surface area contributed by atoms with E-state index in [9.17, 15) is 4.79 Å². The van der Waals surface area contributed by atoms with E-state index in [4.69, 9.17) is 9.68 Å². The van der Waals surface area contributed by atoms with Crippen molar-refractivity contribution in [3.8, 4) is 0 Å². The fourth-order valence-corrected chi connectivity index (χ4v) is 2.73. The highest BCUT2D eigenvalue weighted by atomic mass is 79.9. The molecule has 0 unspecified atom stereocenters. The monoisotopic (exact) mass is 417 g/mol. The molecule has 26 heavy (non-hydrogen) atoms. The third-order valence-electron chi connectivity index (χ3n) is 3.48. The van der Waals surface area contributed by atoms with E-state index >= 15 is 0 Å². The highest BCUT2D eigenvalue weighted by Gasteiger charge is 2.16. The van der Waals surface area contributed by atoms with Crippen LogP contribution in [0, 0.1) is 0 Å². The predicted octanol–water partition coefficient (Wildman–Crippen LogP) is 3.29. The summed E-state index contributed by atoms with van der Waals surface area (Å²) in [6.45, 7) is 0.381. The molecule has 2 aromatic carbocycles. The van der Waals surface area contributed by atoms with Crippen molar-refractivity contribution >= 4 is 33.8 Å². The quantitative estimate of drug-likeness (QED) is 0.528. The number of rotatable bonds is 8. The Morgan fingerprint density at radius 2 is 2.04 bits per heavy atom. The summed E-state index contributed by atoms with van der Waals surface area (Å²) in [5.74, 6) is -0.317. The van der Waals surface area contributed by atoms with Crippen molar-refractivity contribution in [2.45, 2.75) is 13.0 Å². The molecule has 0 radical (unpaired) electrons. The SMILES string of the molecule is CNC(=O)C(=NOC)c1ccccc1CC=NOCc1cccc(Br)c1. The Kier molecular flexibility index (Phi) is 7.82. The van der Waals surface area contributed by atoms with Crippen molar-refractivity contribution in [3.63, 3.8) is 0 Å². The molecule has 1 amide bonds. The Labute approximate surface area is 161 Å². The number of nitrogens with zero attached hydrogens (tertiary/aromatic N) is 2. The van der Waals surface area contributed by atoms with Crippen molar-refractivity contribution in [1.29, 1.82) is 0 Å². The first kappa shape index (κ1) is 19.7. The molecule has 0 aliphatic carbocycles. The van der Waals surface area contributed by atoms with Crippen LogP contribution in [0.25, 0.3) is 0 Å². The van der Waals surface area contributed by atoms with Gasteiger partial charge in [-0.15, -0.1) is 0 Å². The number of hydrogen-bond donors (Lipinski definition) is 1. The summed E-state index contributed by atoms with van der Waals surface area (Å²) in [7, 11) is 2.95. The number of likely N-dealkylation sites (N-methyl/N-ethyl adjacent to an activating group) is 1. The number of oxime groups is 2. The molecule has 0 aromatic heterocycles. The van der Waals surface area contributed by atoms with E-state index in [1.807, 2.05) is 48.5 Å². The predicted molar refractivity (Wildman–Crippen MR) is 105 cm³/mol. The normalized spacial score (nSPS) is 11.4. The van der Waals surface area contributed by atoms with Crippen LogP contribution in [0.3, 0.4) is 0 Å². The summed E-state index contributed by atoms with van der Waals surface area (Å²) in [4.78, 5) is 22.2. The zero-order valence-corrected chi connectivity index (χ0v) is 16.2. The number of carbonyl (C=O) groups excluding carboxylic acids is 1. The van der Waals surface area contributed by atoms with Gasteiger partial charge >= 0.3 is 0 Å². The summed E-state index contributed by atoms with van der Waals surface area (Å²) in [6, 6.07) is 15.3. The van der Waals surface area contributed by atoms with Gasteiger partial charge in [0, 0.05) is 29.7 Å². The number of benzene rings is 2. The van der Waals surface area contributed by atoms with Gasteiger partial charge in [-0.3, -0.25) is 4.79 Å². The lowest BCUT2D eigenvalue weighted by Crippen LogP contribution is -2.29. The molecule has 0 saturated heterocycles. The van der Waals surface area contributed by atoms with Crippen LogP contribution >= 0.6 is 15.9 Å². The van der Waals surface area contributed by atoms with Gasteiger partial charge in [0.05, 0.1) is 0 Å². The third-order valence-corrected chi connectivity index (χ3v) is 3.97. The van der Waals surface area contributed by atoms with Crippen LogP contribution in [0.5, 0.6) is 0 Å². The second kappa shape index (κ2) is 10.4. The van der Waals surface area contributed by atoms with Crippen molar-refractivity contribution in [2.75, 3.05) is 14.2 Å². The van der Waals surface area contributed by atoms with E-state index in [1.54, 1.807) is 13.3 Å². The molecule has 0 atom stereocenters. The van der Waals surface area contributed by atoms with Gasteiger partial charge in [0.2, 0.25) is 0 Å². The van der Waals surface area contributed by atoms with E-state index in [2.05, 4.69) is 31.6 Å². The van der Waals surface area contributed by atoms with Crippen LogP contribution < -0.4 is 5.32 Å². The maximum Gasteiger partial charge on any atom is 0.273 e. The fraction of sp³-hybridized carbons (Fsp3) is 0.211. The lowest BCUT2D eigenvalue weighted by atomic mass is 10.0. The van der Waals surface area contributed by atoms with Gasteiger partial charge in [-0.25, -0.2) is 0 Å². The smallest absolute Gasteiger partial charge is 0.273 e. The molecule has 136 valence electrons. The summed E-state index contributed by atoms with van der Waals surface area (Å²) in [5.41, 5.74) is 2.81. The maximum atomic E-state index is 12.0. The van der Waals surface area contributed by atoms with Gasteiger partial charge in [-0.1, -0.05) is 62.6 Å². The third kappa shape index (κ3) is 5.70. The molecule has 0 heterocycles. The topological polar surface area (TPSA) is 72.3 Å². The molecule has 0 aliphatic heterocycles. The average Bonchev–Trinajstić information content (AvgIpc) is 2.66. The molecule has 1 N–H and O–H groups in total.